The molecule has 36 heavy (non-hydrogen) atoms. The molecule has 3 nitrogen and oxygen atoms in total. The summed E-state index contributed by atoms with van der Waals surface area (Å²) in [6, 6.07) is 29.3. The van der Waals surface area contributed by atoms with Crippen molar-refractivity contribution in [2.45, 2.75) is 37.5 Å². The summed E-state index contributed by atoms with van der Waals surface area (Å²) in [6.45, 7) is 0. The Morgan fingerprint density at radius 2 is 1.22 bits per heavy atom. The van der Waals surface area contributed by atoms with Crippen molar-refractivity contribution in [1.82, 2.24) is 0 Å². The Labute approximate surface area is 220 Å². The zero-order valence-corrected chi connectivity index (χ0v) is 22.2. The van der Waals surface area contributed by atoms with Crippen LogP contribution in [0.2, 0.25) is 0 Å². The fourth-order valence-corrected chi connectivity index (χ4v) is 9.23. The van der Waals surface area contributed by atoms with Crippen LogP contribution in [0.5, 0.6) is 0 Å². The molecule has 0 amide bonds. The van der Waals surface area contributed by atoms with E-state index in [1.54, 1.807) is 12.1 Å². The third kappa shape index (κ3) is 3.18. The van der Waals surface area contributed by atoms with E-state index in [-0.39, 0.29) is 17.0 Å². The Hall–Kier alpha value is -3.19. The van der Waals surface area contributed by atoms with Crippen molar-refractivity contribution in [1.29, 1.82) is 0 Å². The monoisotopic (exact) mass is 585 g/mol. The fourth-order valence-electron chi connectivity index (χ4n) is 6.44. The van der Waals surface area contributed by atoms with Gasteiger partial charge in [-0.15, -0.1) is 0 Å². The molecule has 1 aromatic heterocycles. The SMILES string of the molecule is O=C1C(=Cc2ccc(N3c4ccccc4C4(CCCCC4)c4ccccc43)[te]2)C(=O)c2ccccc21. The number of fused-ring (bicyclic) bond motifs is 5. The van der Waals surface area contributed by atoms with E-state index in [1.165, 1.54) is 58.3 Å². The zero-order chi connectivity index (χ0) is 24.3. The second-order valence-electron chi connectivity index (χ2n) is 9.95. The normalized spacial score (nSPS) is 17.7. The fraction of sp³-hybridized carbons (Fsp3) is 0.188. The summed E-state index contributed by atoms with van der Waals surface area (Å²) in [7, 11) is 0. The van der Waals surface area contributed by atoms with Gasteiger partial charge in [0.1, 0.15) is 0 Å². The average molecular weight is 583 g/mol. The van der Waals surface area contributed by atoms with Crippen LogP contribution in [0.4, 0.5) is 15.1 Å². The van der Waals surface area contributed by atoms with E-state index in [4.69, 9.17) is 0 Å². The van der Waals surface area contributed by atoms with E-state index < -0.39 is 20.4 Å². The van der Waals surface area contributed by atoms with E-state index in [9.17, 15) is 9.59 Å². The molecule has 1 aliphatic heterocycles. The molecule has 1 saturated carbocycles. The number of benzene rings is 3. The van der Waals surface area contributed by atoms with Crippen LogP contribution in [0.3, 0.4) is 0 Å². The Morgan fingerprint density at radius 3 is 1.83 bits per heavy atom. The minimum atomic E-state index is -0.789. The summed E-state index contributed by atoms with van der Waals surface area (Å²) in [5, 5.41) is 0. The van der Waals surface area contributed by atoms with E-state index in [0.29, 0.717) is 16.7 Å². The maximum atomic E-state index is 12.9. The molecule has 4 heteroatoms. The predicted octanol–water partition coefficient (Wildman–Crippen LogP) is 7.24. The van der Waals surface area contributed by atoms with Gasteiger partial charge in [-0.2, -0.15) is 0 Å². The first-order valence-electron chi connectivity index (χ1n) is 12.7. The van der Waals surface area contributed by atoms with Gasteiger partial charge in [0.15, 0.2) is 0 Å². The van der Waals surface area contributed by atoms with Gasteiger partial charge in [-0.05, 0) is 0 Å². The van der Waals surface area contributed by atoms with Crippen molar-refractivity contribution >= 4 is 53.2 Å². The third-order valence-corrected chi connectivity index (χ3v) is 11.0. The van der Waals surface area contributed by atoms with E-state index >= 15 is 0 Å². The van der Waals surface area contributed by atoms with Gasteiger partial charge in [-0.25, -0.2) is 0 Å². The van der Waals surface area contributed by atoms with E-state index in [1.807, 2.05) is 18.2 Å². The van der Waals surface area contributed by atoms with Crippen molar-refractivity contribution in [3.8, 4) is 0 Å². The van der Waals surface area contributed by atoms with Crippen molar-refractivity contribution in [2.75, 3.05) is 4.90 Å². The third-order valence-electron chi connectivity index (χ3n) is 8.05. The number of para-hydroxylation sites is 2. The molecule has 2 heterocycles. The molecule has 4 aromatic rings. The van der Waals surface area contributed by atoms with Crippen LogP contribution < -0.4 is 4.90 Å². The predicted molar refractivity (Wildman–Crippen MR) is 145 cm³/mol. The Kier molecular flexibility index (Phi) is 5.17. The first-order chi connectivity index (χ1) is 17.7. The molecule has 1 fully saturated rings. The summed E-state index contributed by atoms with van der Waals surface area (Å²) in [6.07, 6.45) is 8.11. The number of nitrogens with zero attached hydrogens (tertiary/aromatic N) is 1. The molecule has 0 saturated heterocycles. The number of carbonyl (C=O) groups is 2. The first kappa shape index (κ1) is 22.0. The Balaban J connectivity index is 1.34. The van der Waals surface area contributed by atoms with Gasteiger partial charge in [-0.3, -0.25) is 0 Å². The molecule has 1 spiro atoms. The number of allylic oxidation sites excluding steroid dienone is 1. The Bertz CT molecular complexity index is 1480. The summed E-state index contributed by atoms with van der Waals surface area (Å²) in [5.41, 5.74) is 6.92. The van der Waals surface area contributed by atoms with Crippen molar-refractivity contribution in [3.63, 3.8) is 0 Å². The number of Topliss-reactive ketones (excluding diaryl/α,β-unsaturated/α-hetero) is 2. The van der Waals surface area contributed by atoms with Crippen LogP contribution in [-0.2, 0) is 5.41 Å². The van der Waals surface area contributed by atoms with Crippen molar-refractivity contribution in [2.24, 2.45) is 0 Å². The van der Waals surface area contributed by atoms with Crippen LogP contribution in [-0.4, -0.2) is 32.0 Å². The minimum absolute atomic E-state index is 0.0916. The maximum absolute atomic E-state index is 12.9. The van der Waals surface area contributed by atoms with Crippen LogP contribution >= 0.6 is 0 Å². The van der Waals surface area contributed by atoms with Gasteiger partial charge in [0.25, 0.3) is 0 Å². The van der Waals surface area contributed by atoms with Crippen molar-refractivity contribution in [3.05, 3.63) is 116 Å². The topological polar surface area (TPSA) is 37.4 Å². The molecule has 0 bridgehead atoms. The zero-order valence-electron chi connectivity index (χ0n) is 19.9. The number of hydrogen-bond donors (Lipinski definition) is 0. The Morgan fingerprint density at radius 1 is 0.667 bits per heavy atom. The molecule has 7 rings (SSSR count). The number of anilines is 3. The molecule has 0 N–H and O–H groups in total. The van der Waals surface area contributed by atoms with E-state index in [0.717, 1.165) is 3.58 Å². The second kappa shape index (κ2) is 8.44. The van der Waals surface area contributed by atoms with Gasteiger partial charge in [0.2, 0.25) is 0 Å². The van der Waals surface area contributed by atoms with Gasteiger partial charge in [0, 0.05) is 0 Å². The van der Waals surface area contributed by atoms with Gasteiger partial charge in [0.05, 0.1) is 0 Å². The van der Waals surface area contributed by atoms with E-state index in [2.05, 4.69) is 65.6 Å². The standard InChI is InChI=1S/C32H25NO2Te/c34-30-22-10-2-3-11-23(22)31(35)24(30)20-21-16-17-29(36-21)33-27-14-6-4-12-25(27)32(18-8-1-9-19-32)26-13-5-7-15-28(26)33/h2-7,10-17,20H,1,8-9,18-19H2. The first-order valence-corrected chi connectivity index (χ1v) is 15.0. The molecule has 0 unspecified atom stereocenters. The summed E-state index contributed by atoms with van der Waals surface area (Å²) in [4.78, 5) is 28.4. The van der Waals surface area contributed by atoms with Crippen LogP contribution in [0.25, 0.3) is 6.08 Å². The van der Waals surface area contributed by atoms with Crippen LogP contribution in [0.15, 0.2) is 90.5 Å². The number of hydrogen-bond acceptors (Lipinski definition) is 3. The number of carbonyl (C=O) groups excluding carboxylic acids is 2. The molecule has 2 aliphatic carbocycles. The van der Waals surface area contributed by atoms with Crippen LogP contribution in [0.1, 0.15) is 67.5 Å². The summed E-state index contributed by atoms with van der Waals surface area (Å²) < 4.78 is 2.42. The molecule has 3 aliphatic rings. The number of ketones is 2. The van der Waals surface area contributed by atoms with Gasteiger partial charge < -0.3 is 0 Å². The molecular formula is C32H25NO2Te. The molecule has 3 aromatic carbocycles. The molecule has 0 atom stereocenters. The number of rotatable bonds is 2. The van der Waals surface area contributed by atoms with Crippen LogP contribution in [0, 0.1) is 0 Å². The van der Waals surface area contributed by atoms with Crippen molar-refractivity contribution < 1.29 is 9.59 Å². The van der Waals surface area contributed by atoms with Gasteiger partial charge in [-0.1, -0.05) is 0 Å². The average Bonchev–Trinajstić information content (AvgIpc) is 3.48. The molecule has 176 valence electrons. The molecule has 0 radical (unpaired) electrons. The quantitative estimate of drug-likeness (QED) is 0.142. The summed E-state index contributed by atoms with van der Waals surface area (Å²) in [5.74, 6) is -0.296. The van der Waals surface area contributed by atoms with Gasteiger partial charge >= 0.3 is 221 Å². The molecular weight excluding hydrogens is 558 g/mol. The second-order valence-corrected chi connectivity index (χ2v) is 13.1. The summed E-state index contributed by atoms with van der Waals surface area (Å²) >= 11 is -0.789.